The molecule has 0 aliphatic carbocycles. The predicted octanol–water partition coefficient (Wildman–Crippen LogP) is 1.68. The second-order valence-electron chi connectivity index (χ2n) is 4.54. The topological polar surface area (TPSA) is 55.8 Å². The van der Waals surface area contributed by atoms with Crippen LogP contribution < -0.4 is 0 Å². The lowest BCUT2D eigenvalue weighted by atomic mass is 10.1. The third kappa shape index (κ3) is 3.25. The van der Waals surface area contributed by atoms with E-state index in [1.807, 2.05) is 0 Å². The molecule has 0 radical (unpaired) electrons. The maximum Gasteiger partial charge on any atom is 0.414 e. The highest BCUT2D eigenvalue weighted by Gasteiger charge is 2.31. The highest BCUT2D eigenvalue weighted by Crippen LogP contribution is 2.24. The van der Waals surface area contributed by atoms with Crippen LogP contribution in [-0.4, -0.2) is 36.2 Å². The van der Waals surface area contributed by atoms with E-state index < -0.39 is 17.7 Å². The van der Waals surface area contributed by atoms with Gasteiger partial charge in [0, 0.05) is 24.7 Å². The van der Waals surface area contributed by atoms with Gasteiger partial charge in [-0.2, -0.15) is 0 Å². The number of carbonyl (C=O) groups is 2. The van der Waals surface area contributed by atoms with Gasteiger partial charge in [-0.15, -0.1) is 0 Å². The number of hydrogen-bond acceptors (Lipinski definition) is 4. The van der Waals surface area contributed by atoms with Crippen molar-refractivity contribution in [3.63, 3.8) is 0 Å². The van der Waals surface area contributed by atoms with Crippen molar-refractivity contribution in [1.29, 1.82) is 0 Å². The molecule has 0 atom stereocenters. The lowest BCUT2D eigenvalue weighted by Crippen LogP contribution is -2.43. The standard InChI is InChI=1S/C11H17NO4/c1-11(2,3)16-10(14)12-6-5-8(12)7-9(13)15-4/h7H,5-6H2,1-4H3/b8-7-. The van der Waals surface area contributed by atoms with Gasteiger partial charge in [-0.3, -0.25) is 4.90 Å². The minimum Gasteiger partial charge on any atom is -0.466 e. The summed E-state index contributed by atoms with van der Waals surface area (Å²) in [6.07, 6.45) is 1.58. The molecule has 1 fully saturated rings. The average Bonchev–Trinajstić information content (AvgIpc) is 2.08. The van der Waals surface area contributed by atoms with E-state index in [9.17, 15) is 9.59 Å². The maximum atomic E-state index is 11.6. The van der Waals surface area contributed by atoms with E-state index in [1.54, 1.807) is 20.8 Å². The number of methoxy groups -OCH3 is 1. The Morgan fingerprint density at radius 1 is 1.38 bits per heavy atom. The van der Waals surface area contributed by atoms with Crippen molar-refractivity contribution in [3.05, 3.63) is 11.8 Å². The van der Waals surface area contributed by atoms with Crippen LogP contribution in [0, 0.1) is 0 Å². The first-order valence-corrected chi connectivity index (χ1v) is 5.12. The molecular formula is C11H17NO4. The number of rotatable bonds is 1. The number of likely N-dealkylation sites (tertiary alicyclic amines) is 1. The quantitative estimate of drug-likeness (QED) is 0.505. The van der Waals surface area contributed by atoms with Gasteiger partial charge in [0.1, 0.15) is 5.60 Å². The zero-order valence-electron chi connectivity index (χ0n) is 10.1. The van der Waals surface area contributed by atoms with Crippen LogP contribution in [0.5, 0.6) is 0 Å². The number of ether oxygens (including phenoxy) is 2. The lowest BCUT2D eigenvalue weighted by molar-refractivity contribution is -0.135. The summed E-state index contributed by atoms with van der Waals surface area (Å²) in [5, 5.41) is 0. The van der Waals surface area contributed by atoms with Crippen LogP contribution in [0.1, 0.15) is 27.2 Å². The molecule has 0 aromatic carbocycles. The first kappa shape index (κ1) is 12.5. The zero-order chi connectivity index (χ0) is 12.3. The number of carbonyl (C=O) groups excluding carboxylic acids is 2. The van der Waals surface area contributed by atoms with Crippen molar-refractivity contribution in [2.45, 2.75) is 32.8 Å². The summed E-state index contributed by atoms with van der Waals surface area (Å²) in [6, 6.07) is 0. The van der Waals surface area contributed by atoms with E-state index in [-0.39, 0.29) is 0 Å². The number of amides is 1. The molecule has 1 saturated heterocycles. The SMILES string of the molecule is COC(=O)/C=C1/CCN1C(=O)OC(C)(C)C. The van der Waals surface area contributed by atoms with Crippen molar-refractivity contribution in [3.8, 4) is 0 Å². The fourth-order valence-electron chi connectivity index (χ4n) is 1.22. The Morgan fingerprint density at radius 3 is 2.38 bits per heavy atom. The summed E-state index contributed by atoms with van der Waals surface area (Å²) in [5.41, 5.74) is 0.115. The minimum absolute atomic E-state index is 0.422. The van der Waals surface area contributed by atoms with Gasteiger partial charge in [-0.05, 0) is 20.8 Å². The minimum atomic E-state index is -0.525. The third-order valence-corrected chi connectivity index (χ3v) is 2.04. The molecule has 0 unspecified atom stereocenters. The van der Waals surface area contributed by atoms with Gasteiger partial charge in [0.05, 0.1) is 7.11 Å². The number of hydrogen-bond donors (Lipinski definition) is 0. The van der Waals surface area contributed by atoms with Crippen LogP contribution in [0.25, 0.3) is 0 Å². The molecule has 0 spiro atoms. The van der Waals surface area contributed by atoms with E-state index in [0.717, 1.165) is 0 Å². The zero-order valence-corrected chi connectivity index (χ0v) is 10.1. The van der Waals surface area contributed by atoms with Crippen molar-refractivity contribution in [2.75, 3.05) is 13.7 Å². The van der Waals surface area contributed by atoms with Crippen molar-refractivity contribution in [1.82, 2.24) is 4.90 Å². The smallest absolute Gasteiger partial charge is 0.414 e. The molecule has 5 nitrogen and oxygen atoms in total. The van der Waals surface area contributed by atoms with Crippen LogP contribution in [-0.2, 0) is 14.3 Å². The molecule has 0 bridgehead atoms. The summed E-state index contributed by atoms with van der Waals surface area (Å²) in [5.74, 6) is -0.455. The molecule has 5 heteroatoms. The molecule has 1 heterocycles. The van der Waals surface area contributed by atoms with Crippen molar-refractivity contribution in [2.24, 2.45) is 0 Å². The molecule has 0 saturated carbocycles. The van der Waals surface area contributed by atoms with Crippen molar-refractivity contribution < 1.29 is 19.1 Å². The summed E-state index contributed by atoms with van der Waals surface area (Å²) < 4.78 is 9.67. The summed E-state index contributed by atoms with van der Waals surface area (Å²) in [4.78, 5) is 24.1. The van der Waals surface area contributed by atoms with E-state index in [4.69, 9.17) is 4.74 Å². The molecule has 1 amide bonds. The van der Waals surface area contributed by atoms with Crippen molar-refractivity contribution >= 4 is 12.1 Å². The lowest BCUT2D eigenvalue weighted by Gasteiger charge is -2.35. The van der Waals surface area contributed by atoms with Gasteiger partial charge in [-0.1, -0.05) is 0 Å². The summed E-state index contributed by atoms with van der Waals surface area (Å²) >= 11 is 0. The first-order chi connectivity index (χ1) is 7.33. The largest absolute Gasteiger partial charge is 0.466 e. The van der Waals surface area contributed by atoms with Gasteiger partial charge >= 0.3 is 12.1 Å². The van der Waals surface area contributed by atoms with Crippen LogP contribution in [0.3, 0.4) is 0 Å². The van der Waals surface area contributed by atoms with E-state index in [0.29, 0.717) is 18.7 Å². The fourth-order valence-corrected chi connectivity index (χ4v) is 1.22. The molecule has 1 rings (SSSR count). The van der Waals surface area contributed by atoms with Crippen LogP contribution in [0.15, 0.2) is 11.8 Å². The molecule has 0 aromatic heterocycles. The Morgan fingerprint density at radius 2 is 2.00 bits per heavy atom. The molecule has 1 aliphatic rings. The van der Waals surface area contributed by atoms with Gasteiger partial charge in [0.15, 0.2) is 0 Å². The Labute approximate surface area is 95.0 Å². The predicted molar refractivity (Wildman–Crippen MR) is 57.7 cm³/mol. The Bertz CT molecular complexity index is 327. The maximum absolute atomic E-state index is 11.6. The number of nitrogens with zero attached hydrogens (tertiary/aromatic N) is 1. The van der Waals surface area contributed by atoms with Gasteiger partial charge in [0.2, 0.25) is 0 Å². The second-order valence-corrected chi connectivity index (χ2v) is 4.54. The Hall–Kier alpha value is -1.52. The highest BCUT2D eigenvalue weighted by atomic mass is 16.6. The van der Waals surface area contributed by atoms with E-state index in [2.05, 4.69) is 4.74 Å². The van der Waals surface area contributed by atoms with E-state index in [1.165, 1.54) is 18.1 Å². The fraction of sp³-hybridized carbons (Fsp3) is 0.636. The molecule has 90 valence electrons. The van der Waals surface area contributed by atoms with E-state index >= 15 is 0 Å². The monoisotopic (exact) mass is 227 g/mol. The van der Waals surface area contributed by atoms with Crippen LogP contribution in [0.2, 0.25) is 0 Å². The Kier molecular flexibility index (Phi) is 3.57. The van der Waals surface area contributed by atoms with Gasteiger partial charge in [0.25, 0.3) is 0 Å². The van der Waals surface area contributed by atoms with Crippen LogP contribution in [0.4, 0.5) is 4.79 Å². The Balaban J connectivity index is 2.59. The number of esters is 1. The summed E-state index contributed by atoms with van der Waals surface area (Å²) in [6.45, 7) is 5.98. The molecule has 0 N–H and O–H groups in total. The average molecular weight is 227 g/mol. The molecule has 16 heavy (non-hydrogen) atoms. The highest BCUT2D eigenvalue weighted by molar-refractivity contribution is 5.84. The van der Waals surface area contributed by atoms with Gasteiger partial charge in [-0.25, -0.2) is 9.59 Å². The molecular weight excluding hydrogens is 210 g/mol. The second kappa shape index (κ2) is 4.55. The normalized spacial score (nSPS) is 18.0. The van der Waals surface area contributed by atoms with Gasteiger partial charge < -0.3 is 9.47 Å². The summed E-state index contributed by atoms with van der Waals surface area (Å²) in [7, 11) is 1.30. The van der Waals surface area contributed by atoms with Crippen LogP contribution >= 0.6 is 0 Å². The molecule has 0 aromatic rings. The molecule has 1 aliphatic heterocycles. The first-order valence-electron chi connectivity index (χ1n) is 5.12. The third-order valence-electron chi connectivity index (χ3n) is 2.04.